The number of halogens is 1. The molecule has 0 amide bonds. The summed E-state index contributed by atoms with van der Waals surface area (Å²) >= 11 is 0. The zero-order valence-corrected chi connectivity index (χ0v) is 19.9. The first-order valence-corrected chi connectivity index (χ1v) is 11.4. The van der Waals surface area contributed by atoms with Crippen LogP contribution >= 0.6 is 24.0 Å². The normalized spacial score (nSPS) is 19.9. The molecule has 9 heteroatoms. The van der Waals surface area contributed by atoms with Crippen LogP contribution in [0.1, 0.15) is 38.2 Å². The van der Waals surface area contributed by atoms with Gasteiger partial charge in [0, 0.05) is 25.7 Å². The standard InChI is InChI=1S/C20H30N4O3S.HI/c1-2-21-20(24-17-6-3-4-7-17)22-14-16-9-11-19(12-10-16)28(25,26)23-15-18-8-5-13-27-18;/h3-4,9-12,17-18,23H,2,5-8,13-15H2,1H3,(H2,21,22,24);1H. The number of rotatable bonds is 8. The first-order valence-electron chi connectivity index (χ1n) is 9.97. The van der Waals surface area contributed by atoms with E-state index in [0.717, 1.165) is 43.8 Å². The van der Waals surface area contributed by atoms with Crippen molar-refractivity contribution in [1.82, 2.24) is 15.4 Å². The highest BCUT2D eigenvalue weighted by Gasteiger charge is 2.20. The zero-order valence-electron chi connectivity index (χ0n) is 16.8. The molecule has 162 valence electrons. The quantitative estimate of drug-likeness (QED) is 0.207. The number of nitrogens with one attached hydrogen (secondary N) is 3. The maximum Gasteiger partial charge on any atom is 0.240 e. The minimum atomic E-state index is -3.52. The Balaban J connectivity index is 0.00000300. The SMILES string of the molecule is CCNC(=NCc1ccc(S(=O)(=O)NCC2CCCO2)cc1)NC1CC=CC1.I. The smallest absolute Gasteiger partial charge is 0.240 e. The van der Waals surface area contributed by atoms with Crippen LogP contribution in [0.25, 0.3) is 0 Å². The lowest BCUT2D eigenvalue weighted by Gasteiger charge is -2.16. The third-order valence-corrected chi connectivity index (χ3v) is 6.31. The Labute approximate surface area is 190 Å². The van der Waals surface area contributed by atoms with Gasteiger partial charge in [0.05, 0.1) is 17.5 Å². The summed E-state index contributed by atoms with van der Waals surface area (Å²) in [6.07, 6.45) is 8.24. The highest BCUT2D eigenvalue weighted by Crippen LogP contribution is 2.14. The molecule has 0 saturated carbocycles. The Morgan fingerprint density at radius 3 is 2.55 bits per heavy atom. The first kappa shape index (κ1) is 24.1. The molecule has 1 aromatic rings. The molecule has 3 N–H and O–H groups in total. The van der Waals surface area contributed by atoms with Crippen molar-refractivity contribution in [3.8, 4) is 0 Å². The Morgan fingerprint density at radius 2 is 1.93 bits per heavy atom. The van der Waals surface area contributed by atoms with E-state index in [2.05, 4.69) is 32.5 Å². The van der Waals surface area contributed by atoms with E-state index in [1.165, 1.54) is 0 Å². The van der Waals surface area contributed by atoms with Crippen LogP contribution in [0.3, 0.4) is 0 Å². The molecule has 0 aromatic heterocycles. The number of sulfonamides is 1. The molecule has 1 aliphatic heterocycles. The van der Waals surface area contributed by atoms with E-state index in [1.54, 1.807) is 12.1 Å². The van der Waals surface area contributed by atoms with E-state index in [1.807, 2.05) is 19.1 Å². The fourth-order valence-electron chi connectivity index (χ4n) is 3.28. The van der Waals surface area contributed by atoms with Gasteiger partial charge in [-0.3, -0.25) is 0 Å². The summed E-state index contributed by atoms with van der Waals surface area (Å²) in [5.41, 5.74) is 0.958. The van der Waals surface area contributed by atoms with Gasteiger partial charge >= 0.3 is 0 Å². The van der Waals surface area contributed by atoms with E-state index in [9.17, 15) is 8.42 Å². The van der Waals surface area contributed by atoms with Crippen molar-refractivity contribution in [2.75, 3.05) is 19.7 Å². The molecule has 3 rings (SSSR count). The maximum atomic E-state index is 12.4. The van der Waals surface area contributed by atoms with E-state index < -0.39 is 10.0 Å². The van der Waals surface area contributed by atoms with Crippen LogP contribution in [-0.4, -0.2) is 46.2 Å². The van der Waals surface area contributed by atoms with E-state index in [4.69, 9.17) is 4.74 Å². The highest BCUT2D eigenvalue weighted by atomic mass is 127. The Hall–Kier alpha value is -1.17. The molecule has 7 nitrogen and oxygen atoms in total. The van der Waals surface area contributed by atoms with Gasteiger partial charge in [-0.1, -0.05) is 24.3 Å². The van der Waals surface area contributed by atoms with Crippen molar-refractivity contribution < 1.29 is 13.2 Å². The van der Waals surface area contributed by atoms with Crippen molar-refractivity contribution in [2.24, 2.45) is 4.99 Å². The van der Waals surface area contributed by atoms with Crippen LogP contribution in [0.4, 0.5) is 0 Å². The van der Waals surface area contributed by atoms with Crippen molar-refractivity contribution in [1.29, 1.82) is 0 Å². The summed E-state index contributed by atoms with van der Waals surface area (Å²) in [4.78, 5) is 4.88. The topological polar surface area (TPSA) is 91.8 Å². The molecule has 29 heavy (non-hydrogen) atoms. The predicted molar refractivity (Wildman–Crippen MR) is 126 cm³/mol. The number of benzene rings is 1. The second-order valence-corrected chi connectivity index (χ2v) is 8.88. The first-order chi connectivity index (χ1) is 13.6. The molecular weight excluding hydrogens is 503 g/mol. The van der Waals surface area contributed by atoms with Gasteiger partial charge in [0.25, 0.3) is 0 Å². The second kappa shape index (κ2) is 11.9. The molecular formula is C20H31IN4O3S. The molecule has 1 aromatic carbocycles. The lowest BCUT2D eigenvalue weighted by molar-refractivity contribution is 0.114. The van der Waals surface area contributed by atoms with Crippen LogP contribution < -0.4 is 15.4 Å². The Bertz CT molecular complexity index is 782. The van der Waals surface area contributed by atoms with Crippen molar-refractivity contribution >= 4 is 40.0 Å². The van der Waals surface area contributed by atoms with Gasteiger partial charge < -0.3 is 15.4 Å². The number of hydrogen-bond acceptors (Lipinski definition) is 4. The molecule has 1 aliphatic carbocycles. The van der Waals surface area contributed by atoms with Crippen molar-refractivity contribution in [3.63, 3.8) is 0 Å². The van der Waals surface area contributed by atoms with Crippen LogP contribution in [-0.2, 0) is 21.3 Å². The largest absolute Gasteiger partial charge is 0.377 e. The minimum absolute atomic E-state index is 0. The van der Waals surface area contributed by atoms with Gasteiger partial charge in [-0.2, -0.15) is 0 Å². The molecule has 0 spiro atoms. The third kappa shape index (κ3) is 7.54. The molecule has 1 unspecified atom stereocenters. The van der Waals surface area contributed by atoms with Gasteiger partial charge in [-0.15, -0.1) is 24.0 Å². The molecule has 0 bridgehead atoms. The van der Waals surface area contributed by atoms with E-state index in [-0.39, 0.29) is 35.0 Å². The third-order valence-electron chi connectivity index (χ3n) is 4.87. The van der Waals surface area contributed by atoms with Crippen LogP contribution in [0, 0.1) is 0 Å². The zero-order chi connectivity index (χ0) is 19.8. The number of guanidine groups is 1. The number of nitrogens with zero attached hydrogens (tertiary/aromatic N) is 1. The summed E-state index contributed by atoms with van der Waals surface area (Å²) in [5.74, 6) is 0.783. The van der Waals surface area contributed by atoms with Crippen molar-refractivity contribution in [3.05, 3.63) is 42.0 Å². The monoisotopic (exact) mass is 534 g/mol. The molecule has 2 aliphatic rings. The lowest BCUT2D eigenvalue weighted by Crippen LogP contribution is -2.42. The maximum absolute atomic E-state index is 12.4. The Kier molecular flexibility index (Phi) is 9.87. The summed E-state index contributed by atoms with van der Waals surface area (Å²) in [6, 6.07) is 7.27. The fourth-order valence-corrected chi connectivity index (χ4v) is 4.35. The second-order valence-electron chi connectivity index (χ2n) is 7.11. The van der Waals surface area contributed by atoms with Crippen LogP contribution in [0.15, 0.2) is 46.3 Å². The van der Waals surface area contributed by atoms with Gasteiger partial charge in [0.15, 0.2) is 5.96 Å². The summed E-state index contributed by atoms with van der Waals surface area (Å²) in [6.45, 7) is 4.34. The molecule has 1 atom stereocenters. The average Bonchev–Trinajstić information content (AvgIpc) is 3.39. The molecule has 0 radical (unpaired) electrons. The van der Waals surface area contributed by atoms with E-state index >= 15 is 0 Å². The minimum Gasteiger partial charge on any atom is -0.377 e. The van der Waals surface area contributed by atoms with Gasteiger partial charge in [-0.05, 0) is 50.3 Å². The highest BCUT2D eigenvalue weighted by molar-refractivity contribution is 14.0. The number of hydrogen-bond donors (Lipinski definition) is 3. The number of ether oxygens (including phenoxy) is 1. The fraction of sp³-hybridized carbons (Fsp3) is 0.550. The predicted octanol–water partition coefficient (Wildman–Crippen LogP) is 2.54. The average molecular weight is 534 g/mol. The molecule has 1 saturated heterocycles. The van der Waals surface area contributed by atoms with Crippen molar-refractivity contribution in [2.45, 2.75) is 56.2 Å². The van der Waals surface area contributed by atoms with Gasteiger partial charge in [0.1, 0.15) is 0 Å². The Morgan fingerprint density at radius 1 is 1.21 bits per heavy atom. The molecule has 1 heterocycles. The summed E-state index contributed by atoms with van der Waals surface area (Å²) in [7, 11) is -3.52. The van der Waals surface area contributed by atoms with Crippen LogP contribution in [0.2, 0.25) is 0 Å². The lowest BCUT2D eigenvalue weighted by atomic mass is 10.2. The van der Waals surface area contributed by atoms with Crippen LogP contribution in [0.5, 0.6) is 0 Å². The van der Waals surface area contributed by atoms with Gasteiger partial charge in [-0.25, -0.2) is 18.1 Å². The summed E-state index contributed by atoms with van der Waals surface area (Å²) < 4.78 is 33.0. The van der Waals surface area contributed by atoms with Gasteiger partial charge in [0.2, 0.25) is 10.0 Å². The molecule has 1 fully saturated rings. The number of aliphatic imine (C=N–C) groups is 1. The summed E-state index contributed by atoms with van der Waals surface area (Å²) in [5, 5.41) is 6.68. The van der Waals surface area contributed by atoms with E-state index in [0.29, 0.717) is 25.7 Å².